The Morgan fingerprint density at radius 2 is 1.77 bits per heavy atom. The van der Waals surface area contributed by atoms with Crippen molar-refractivity contribution in [2.45, 2.75) is 18.7 Å². The van der Waals surface area contributed by atoms with Crippen LogP contribution in [0.15, 0.2) is 45.7 Å². The molecule has 0 aliphatic carbocycles. The van der Waals surface area contributed by atoms with E-state index in [1.807, 2.05) is 6.92 Å². The van der Waals surface area contributed by atoms with Gasteiger partial charge in [-0.05, 0) is 44.2 Å². The molecule has 2 aromatic heterocycles. The number of hydrazine groups is 1. The lowest BCUT2D eigenvalue weighted by molar-refractivity contribution is 0.0848. The standard InChI is InChI=1S/C19H20N4O5S2/c1-11-8-9-15(28-11)19-20-12(2)16(29-19)18(25)22-21-17(24)13-6-5-7-14(10-13)30(26,27)23(3)4/h5-10H,1-4H3,(H,21,24)(H,22,25). The average molecular weight is 449 g/mol. The van der Waals surface area contributed by atoms with Gasteiger partial charge in [-0.25, -0.2) is 17.7 Å². The number of rotatable bonds is 5. The van der Waals surface area contributed by atoms with Crippen LogP contribution in [0.4, 0.5) is 0 Å². The summed E-state index contributed by atoms with van der Waals surface area (Å²) in [5.41, 5.74) is 5.21. The van der Waals surface area contributed by atoms with Crippen LogP contribution in [0.1, 0.15) is 31.5 Å². The van der Waals surface area contributed by atoms with E-state index >= 15 is 0 Å². The summed E-state index contributed by atoms with van der Waals surface area (Å²) in [6.07, 6.45) is 0. The zero-order valence-electron chi connectivity index (χ0n) is 16.7. The third kappa shape index (κ3) is 4.42. The van der Waals surface area contributed by atoms with Gasteiger partial charge in [0.05, 0.1) is 10.6 Å². The fourth-order valence-electron chi connectivity index (χ4n) is 2.51. The van der Waals surface area contributed by atoms with E-state index in [1.54, 1.807) is 19.1 Å². The van der Waals surface area contributed by atoms with Crippen LogP contribution in [0, 0.1) is 13.8 Å². The highest BCUT2D eigenvalue weighted by molar-refractivity contribution is 7.89. The summed E-state index contributed by atoms with van der Waals surface area (Å²) in [4.78, 5) is 29.5. The van der Waals surface area contributed by atoms with Gasteiger partial charge in [-0.3, -0.25) is 20.4 Å². The lowest BCUT2D eigenvalue weighted by Crippen LogP contribution is -2.41. The Hall–Kier alpha value is -3.02. The van der Waals surface area contributed by atoms with Gasteiger partial charge in [-0.15, -0.1) is 11.3 Å². The molecule has 0 fully saturated rings. The third-order valence-corrected chi connectivity index (χ3v) is 7.10. The minimum Gasteiger partial charge on any atom is -0.459 e. The maximum atomic E-state index is 12.5. The lowest BCUT2D eigenvalue weighted by atomic mass is 10.2. The van der Waals surface area contributed by atoms with Gasteiger partial charge in [0.1, 0.15) is 10.6 Å². The molecule has 0 radical (unpaired) electrons. The summed E-state index contributed by atoms with van der Waals surface area (Å²) < 4.78 is 31.0. The summed E-state index contributed by atoms with van der Waals surface area (Å²) in [6.45, 7) is 3.49. The molecule has 0 spiro atoms. The topological polar surface area (TPSA) is 122 Å². The molecule has 0 saturated heterocycles. The van der Waals surface area contributed by atoms with Gasteiger partial charge in [0, 0.05) is 19.7 Å². The molecule has 0 bridgehead atoms. The Kier molecular flexibility index (Phi) is 6.06. The maximum Gasteiger partial charge on any atom is 0.281 e. The molecule has 11 heteroatoms. The summed E-state index contributed by atoms with van der Waals surface area (Å²) in [6, 6.07) is 9.11. The van der Waals surface area contributed by atoms with Crippen molar-refractivity contribution in [1.82, 2.24) is 20.1 Å². The first-order valence-electron chi connectivity index (χ1n) is 8.77. The van der Waals surface area contributed by atoms with Gasteiger partial charge in [0.2, 0.25) is 10.0 Å². The van der Waals surface area contributed by atoms with Gasteiger partial charge < -0.3 is 4.42 Å². The van der Waals surface area contributed by atoms with Gasteiger partial charge in [0.25, 0.3) is 11.8 Å². The number of aromatic nitrogens is 1. The number of thiazole rings is 1. The number of sulfonamides is 1. The van der Waals surface area contributed by atoms with Gasteiger partial charge in [-0.2, -0.15) is 0 Å². The molecular weight excluding hydrogens is 428 g/mol. The molecule has 158 valence electrons. The number of carbonyl (C=O) groups is 2. The van der Waals surface area contributed by atoms with E-state index in [0.29, 0.717) is 21.3 Å². The molecule has 0 unspecified atom stereocenters. The fourth-order valence-corrected chi connectivity index (χ4v) is 4.38. The quantitative estimate of drug-likeness (QED) is 0.578. The second-order valence-electron chi connectivity index (χ2n) is 6.57. The van der Waals surface area contributed by atoms with Crippen LogP contribution in [0.5, 0.6) is 0 Å². The number of benzene rings is 1. The van der Waals surface area contributed by atoms with E-state index in [4.69, 9.17) is 4.42 Å². The van der Waals surface area contributed by atoms with E-state index in [0.717, 1.165) is 21.4 Å². The molecule has 0 aliphatic rings. The number of hydrogen-bond donors (Lipinski definition) is 2. The minimum absolute atomic E-state index is 0.0249. The van der Waals surface area contributed by atoms with Crippen LogP contribution in [0.2, 0.25) is 0 Å². The van der Waals surface area contributed by atoms with Crippen molar-refractivity contribution in [3.05, 3.63) is 58.3 Å². The third-order valence-electron chi connectivity index (χ3n) is 4.12. The number of nitrogens with one attached hydrogen (secondary N) is 2. The van der Waals surface area contributed by atoms with Crippen molar-refractivity contribution in [2.75, 3.05) is 14.1 Å². The van der Waals surface area contributed by atoms with Gasteiger partial charge in [-0.1, -0.05) is 6.07 Å². The average Bonchev–Trinajstić information content (AvgIpc) is 3.31. The van der Waals surface area contributed by atoms with E-state index < -0.39 is 21.8 Å². The Morgan fingerprint density at radius 1 is 1.07 bits per heavy atom. The summed E-state index contributed by atoms with van der Waals surface area (Å²) in [5, 5.41) is 0.554. The molecule has 0 aliphatic heterocycles. The van der Waals surface area contributed by atoms with Gasteiger partial charge >= 0.3 is 0 Å². The van der Waals surface area contributed by atoms with Crippen molar-refractivity contribution in [3.8, 4) is 10.8 Å². The minimum atomic E-state index is -3.68. The first kappa shape index (κ1) is 21.7. The smallest absolute Gasteiger partial charge is 0.281 e. The molecule has 3 aromatic rings. The predicted molar refractivity (Wildman–Crippen MR) is 112 cm³/mol. The first-order valence-corrected chi connectivity index (χ1v) is 11.0. The number of carbonyl (C=O) groups excluding carboxylic acids is 2. The second kappa shape index (κ2) is 8.38. The van der Waals surface area contributed by atoms with E-state index in [2.05, 4.69) is 15.8 Å². The van der Waals surface area contributed by atoms with Crippen LogP contribution in [0.25, 0.3) is 10.8 Å². The van der Waals surface area contributed by atoms with Crippen LogP contribution >= 0.6 is 11.3 Å². The number of amides is 2. The van der Waals surface area contributed by atoms with Crippen LogP contribution < -0.4 is 10.9 Å². The van der Waals surface area contributed by atoms with Crippen molar-refractivity contribution < 1.29 is 22.4 Å². The molecule has 3 rings (SSSR count). The Balaban J connectivity index is 1.71. The lowest BCUT2D eigenvalue weighted by Gasteiger charge is -2.12. The van der Waals surface area contributed by atoms with Crippen molar-refractivity contribution >= 4 is 33.2 Å². The summed E-state index contributed by atoms with van der Waals surface area (Å²) >= 11 is 1.14. The highest BCUT2D eigenvalue weighted by atomic mass is 32.2. The van der Waals surface area contributed by atoms with E-state index in [9.17, 15) is 18.0 Å². The number of aryl methyl sites for hydroxylation is 2. The van der Waals surface area contributed by atoms with E-state index in [-0.39, 0.29) is 10.5 Å². The predicted octanol–water partition coefficient (Wildman–Crippen LogP) is 2.35. The fraction of sp³-hybridized carbons (Fsp3) is 0.211. The second-order valence-corrected chi connectivity index (χ2v) is 9.72. The summed E-state index contributed by atoms with van der Waals surface area (Å²) in [5.74, 6) is 0.102. The molecule has 0 atom stereocenters. The molecule has 2 N–H and O–H groups in total. The number of hydrogen-bond acceptors (Lipinski definition) is 7. The molecule has 30 heavy (non-hydrogen) atoms. The largest absolute Gasteiger partial charge is 0.459 e. The zero-order chi connectivity index (χ0) is 22.1. The monoisotopic (exact) mass is 448 g/mol. The first-order chi connectivity index (χ1) is 14.1. The Morgan fingerprint density at radius 3 is 2.40 bits per heavy atom. The SMILES string of the molecule is Cc1ccc(-c2nc(C)c(C(=O)NNC(=O)c3cccc(S(=O)(=O)N(C)C)c3)s2)o1. The molecular formula is C19H20N4O5S2. The molecule has 1 aromatic carbocycles. The van der Waals surface area contributed by atoms with Crippen LogP contribution in [0.3, 0.4) is 0 Å². The zero-order valence-corrected chi connectivity index (χ0v) is 18.3. The highest BCUT2D eigenvalue weighted by Gasteiger charge is 2.20. The van der Waals surface area contributed by atoms with Crippen molar-refractivity contribution in [1.29, 1.82) is 0 Å². The molecule has 2 amide bonds. The summed E-state index contributed by atoms with van der Waals surface area (Å²) in [7, 11) is -0.883. The molecule has 0 saturated carbocycles. The number of furan rings is 1. The normalized spacial score (nSPS) is 11.5. The van der Waals surface area contributed by atoms with Crippen molar-refractivity contribution in [2.24, 2.45) is 0 Å². The van der Waals surface area contributed by atoms with Crippen LogP contribution in [-0.2, 0) is 10.0 Å². The highest BCUT2D eigenvalue weighted by Crippen LogP contribution is 2.29. The van der Waals surface area contributed by atoms with Gasteiger partial charge in [0.15, 0.2) is 10.8 Å². The molecule has 9 nitrogen and oxygen atoms in total. The Labute approximate surface area is 177 Å². The number of nitrogens with zero attached hydrogens (tertiary/aromatic N) is 2. The van der Waals surface area contributed by atoms with Crippen molar-refractivity contribution in [3.63, 3.8) is 0 Å². The maximum absolute atomic E-state index is 12.5. The van der Waals surface area contributed by atoms with Crippen LogP contribution in [-0.4, -0.2) is 43.6 Å². The Bertz CT molecular complexity index is 1210. The molecule has 2 heterocycles. The van der Waals surface area contributed by atoms with E-state index in [1.165, 1.54) is 38.4 Å².